The van der Waals surface area contributed by atoms with Crippen molar-refractivity contribution in [2.75, 3.05) is 17.6 Å². The van der Waals surface area contributed by atoms with E-state index < -0.39 is 23.3 Å². The highest BCUT2D eigenvalue weighted by Crippen LogP contribution is 2.40. The standard InChI is InChI=1S/C12H14BrN3O5S/c1-5(17)14-3-6-4-22-11-8(15-7(18)2-13)10(19)16(11)9(6)12(20)21/h8,11H,2-4H2,1H3,(H,14,17)(H,15,18)(H,20,21)/t8?,11-/m0/s1. The molecule has 10 heteroatoms. The zero-order valence-corrected chi connectivity index (χ0v) is 14.0. The van der Waals surface area contributed by atoms with Crippen molar-refractivity contribution in [1.29, 1.82) is 0 Å². The van der Waals surface area contributed by atoms with Gasteiger partial charge in [-0.2, -0.15) is 0 Å². The monoisotopic (exact) mass is 391 g/mol. The first-order valence-corrected chi connectivity index (χ1v) is 8.53. The summed E-state index contributed by atoms with van der Waals surface area (Å²) >= 11 is 4.36. The van der Waals surface area contributed by atoms with Crippen LogP contribution in [0.15, 0.2) is 11.3 Å². The molecule has 2 aliphatic heterocycles. The van der Waals surface area contributed by atoms with Gasteiger partial charge in [-0.1, -0.05) is 15.9 Å². The highest BCUT2D eigenvalue weighted by Gasteiger charge is 2.54. The molecular weight excluding hydrogens is 378 g/mol. The highest BCUT2D eigenvalue weighted by molar-refractivity contribution is 9.09. The zero-order valence-electron chi connectivity index (χ0n) is 11.6. The zero-order chi connectivity index (χ0) is 16.4. The van der Waals surface area contributed by atoms with Crippen molar-refractivity contribution in [3.05, 3.63) is 11.3 Å². The Morgan fingerprint density at radius 2 is 2.14 bits per heavy atom. The summed E-state index contributed by atoms with van der Waals surface area (Å²) in [5, 5.41) is 14.1. The van der Waals surface area contributed by atoms with Crippen molar-refractivity contribution in [3.8, 4) is 0 Å². The Labute approximate surface area is 138 Å². The molecule has 2 aliphatic rings. The maximum atomic E-state index is 12.1. The molecule has 0 aliphatic carbocycles. The van der Waals surface area contributed by atoms with Crippen LogP contribution in [0.4, 0.5) is 0 Å². The molecule has 1 fully saturated rings. The van der Waals surface area contributed by atoms with E-state index in [1.807, 2.05) is 0 Å². The number of hydrogen-bond acceptors (Lipinski definition) is 5. The lowest BCUT2D eigenvalue weighted by Gasteiger charge is -2.49. The molecule has 2 atom stereocenters. The van der Waals surface area contributed by atoms with Crippen molar-refractivity contribution in [1.82, 2.24) is 15.5 Å². The Bertz CT molecular complexity index is 579. The highest BCUT2D eigenvalue weighted by atomic mass is 79.9. The number of halogens is 1. The van der Waals surface area contributed by atoms with Gasteiger partial charge < -0.3 is 15.7 Å². The van der Waals surface area contributed by atoms with Gasteiger partial charge in [0.2, 0.25) is 11.8 Å². The molecule has 120 valence electrons. The number of carbonyl (C=O) groups excluding carboxylic acids is 3. The van der Waals surface area contributed by atoms with Crippen LogP contribution in [0.3, 0.4) is 0 Å². The van der Waals surface area contributed by atoms with E-state index in [9.17, 15) is 24.3 Å². The van der Waals surface area contributed by atoms with Crippen molar-refractivity contribution >= 4 is 51.4 Å². The van der Waals surface area contributed by atoms with E-state index in [0.717, 1.165) is 0 Å². The fourth-order valence-electron chi connectivity index (χ4n) is 2.26. The van der Waals surface area contributed by atoms with Crippen molar-refractivity contribution in [2.45, 2.75) is 18.3 Å². The molecule has 1 saturated heterocycles. The number of rotatable bonds is 5. The van der Waals surface area contributed by atoms with Gasteiger partial charge >= 0.3 is 5.97 Å². The molecule has 0 spiro atoms. The minimum atomic E-state index is -1.22. The van der Waals surface area contributed by atoms with Gasteiger partial charge in [0.15, 0.2) is 0 Å². The number of nitrogens with one attached hydrogen (secondary N) is 2. The number of carbonyl (C=O) groups is 4. The maximum absolute atomic E-state index is 12.1. The lowest BCUT2D eigenvalue weighted by molar-refractivity contribution is -0.150. The van der Waals surface area contributed by atoms with E-state index in [1.54, 1.807) is 0 Å². The average Bonchev–Trinajstić information content (AvgIpc) is 2.48. The fourth-order valence-corrected chi connectivity index (χ4v) is 3.77. The molecule has 0 bridgehead atoms. The van der Waals surface area contributed by atoms with Crippen molar-refractivity contribution in [3.63, 3.8) is 0 Å². The van der Waals surface area contributed by atoms with E-state index in [0.29, 0.717) is 11.3 Å². The smallest absolute Gasteiger partial charge is 0.352 e. The Kier molecular flexibility index (Phi) is 5.12. The van der Waals surface area contributed by atoms with Crippen molar-refractivity contribution in [2.24, 2.45) is 0 Å². The summed E-state index contributed by atoms with van der Waals surface area (Å²) in [4.78, 5) is 47.1. The van der Waals surface area contributed by atoms with Crippen LogP contribution < -0.4 is 10.6 Å². The lowest BCUT2D eigenvalue weighted by atomic mass is 10.0. The molecule has 3 amide bonds. The summed E-state index contributed by atoms with van der Waals surface area (Å²) in [7, 11) is 0. The molecular formula is C12H14BrN3O5S. The van der Waals surface area contributed by atoms with Gasteiger partial charge in [-0.3, -0.25) is 19.3 Å². The second kappa shape index (κ2) is 6.69. The predicted octanol–water partition coefficient (Wildman–Crippen LogP) is -0.744. The third-order valence-corrected chi connectivity index (χ3v) is 5.09. The normalized spacial score (nSPS) is 23.5. The molecule has 2 rings (SSSR count). The number of aliphatic carboxylic acids is 1. The first kappa shape index (κ1) is 16.8. The van der Waals surface area contributed by atoms with E-state index in [1.165, 1.54) is 23.6 Å². The number of β-lactam (4-membered cyclic amide) rings is 1. The quantitative estimate of drug-likeness (QED) is 0.419. The molecule has 0 radical (unpaired) electrons. The first-order chi connectivity index (χ1) is 10.4. The van der Waals surface area contributed by atoms with Crippen molar-refractivity contribution < 1.29 is 24.3 Å². The number of alkyl halides is 1. The molecule has 0 aromatic heterocycles. The number of nitrogens with zero attached hydrogens (tertiary/aromatic N) is 1. The van der Waals surface area contributed by atoms with E-state index in [2.05, 4.69) is 26.6 Å². The third-order valence-electron chi connectivity index (χ3n) is 3.24. The molecule has 1 unspecified atom stereocenters. The number of carboxylic acid groups (broad SMARTS) is 1. The molecule has 3 N–H and O–H groups in total. The van der Waals surface area contributed by atoms with Crippen LogP contribution in [0.25, 0.3) is 0 Å². The summed E-state index contributed by atoms with van der Waals surface area (Å²) in [5.41, 5.74) is 0.370. The van der Waals surface area contributed by atoms with Gasteiger partial charge in [-0.15, -0.1) is 11.8 Å². The Balaban J connectivity index is 2.19. The van der Waals surface area contributed by atoms with Gasteiger partial charge in [0.1, 0.15) is 17.1 Å². The Morgan fingerprint density at radius 3 is 2.68 bits per heavy atom. The second-order valence-electron chi connectivity index (χ2n) is 4.76. The topological polar surface area (TPSA) is 116 Å². The predicted molar refractivity (Wildman–Crippen MR) is 82.2 cm³/mol. The number of thioether (sulfide) groups is 1. The van der Waals surface area contributed by atoms with Crippen LogP contribution in [0.1, 0.15) is 6.92 Å². The summed E-state index contributed by atoms with van der Waals surface area (Å²) in [5.74, 6) is -1.91. The van der Waals surface area contributed by atoms with E-state index in [-0.39, 0.29) is 29.4 Å². The minimum absolute atomic E-state index is 0.0730. The SMILES string of the molecule is CC(=O)NCC1=C(C(=O)O)N2C(=O)C(NC(=O)CBr)[C@@H]2SC1. The largest absolute Gasteiger partial charge is 0.477 e. The van der Waals surface area contributed by atoms with E-state index >= 15 is 0 Å². The van der Waals surface area contributed by atoms with Crippen LogP contribution in [-0.2, 0) is 19.2 Å². The van der Waals surface area contributed by atoms with Crippen LogP contribution in [0.2, 0.25) is 0 Å². The third kappa shape index (κ3) is 3.12. The van der Waals surface area contributed by atoms with Crippen LogP contribution in [-0.4, -0.2) is 62.7 Å². The average molecular weight is 392 g/mol. The second-order valence-corrected chi connectivity index (χ2v) is 6.42. The molecule has 0 aromatic carbocycles. The van der Waals surface area contributed by atoms with Gasteiger partial charge in [0.25, 0.3) is 5.91 Å². The summed E-state index contributed by atoms with van der Waals surface area (Å²) in [6, 6.07) is -0.716. The molecule has 2 heterocycles. The van der Waals surface area contributed by atoms with Gasteiger partial charge in [-0.25, -0.2) is 4.79 Å². The maximum Gasteiger partial charge on any atom is 0.352 e. The van der Waals surface area contributed by atoms with E-state index in [4.69, 9.17) is 0 Å². The first-order valence-electron chi connectivity index (χ1n) is 6.36. The number of hydrogen-bond donors (Lipinski definition) is 3. The van der Waals surface area contributed by atoms with Gasteiger partial charge in [0, 0.05) is 19.2 Å². The van der Waals surface area contributed by atoms with Gasteiger partial charge in [-0.05, 0) is 5.57 Å². The summed E-state index contributed by atoms with van der Waals surface area (Å²) in [6.45, 7) is 1.42. The fraction of sp³-hybridized carbons (Fsp3) is 0.500. The summed E-state index contributed by atoms with van der Waals surface area (Å²) in [6.07, 6.45) is 0. The minimum Gasteiger partial charge on any atom is -0.477 e. The molecule has 8 nitrogen and oxygen atoms in total. The van der Waals surface area contributed by atoms with Crippen LogP contribution in [0, 0.1) is 0 Å². The number of carboxylic acids is 1. The molecule has 0 saturated carbocycles. The number of amides is 3. The lowest BCUT2D eigenvalue weighted by Crippen LogP contribution is -2.70. The Hall–Kier alpha value is -1.55. The van der Waals surface area contributed by atoms with Crippen LogP contribution in [0.5, 0.6) is 0 Å². The number of fused-ring (bicyclic) bond motifs is 1. The molecule has 22 heavy (non-hydrogen) atoms. The molecule has 0 aromatic rings. The summed E-state index contributed by atoms with van der Waals surface area (Å²) < 4.78 is 0. The van der Waals surface area contributed by atoms with Gasteiger partial charge in [0.05, 0.1) is 5.33 Å². The Morgan fingerprint density at radius 1 is 1.45 bits per heavy atom. The van der Waals surface area contributed by atoms with Crippen LogP contribution >= 0.6 is 27.7 Å².